The van der Waals surface area contributed by atoms with Crippen LogP contribution in [-0.4, -0.2) is 40.3 Å². The van der Waals surface area contributed by atoms with Crippen molar-refractivity contribution in [1.29, 1.82) is 0 Å². The number of rotatable bonds is 8. The van der Waals surface area contributed by atoms with Crippen LogP contribution in [0.4, 0.5) is 0 Å². The molecule has 6 heterocycles. The molecule has 0 fully saturated rings. The van der Waals surface area contributed by atoms with E-state index in [1.165, 1.54) is 0 Å². The summed E-state index contributed by atoms with van der Waals surface area (Å²) in [6.07, 6.45) is -0.00128. The lowest BCUT2D eigenvalue weighted by Gasteiger charge is -2.30. The van der Waals surface area contributed by atoms with Crippen LogP contribution < -0.4 is 9.47 Å². The fourth-order valence-corrected chi connectivity index (χ4v) is 10.9. The van der Waals surface area contributed by atoms with Gasteiger partial charge in [0.15, 0.2) is 0 Å². The molecule has 9 nitrogen and oxygen atoms in total. The largest absolute Gasteiger partial charge is 0.474 e. The Labute approximate surface area is 485 Å². The van der Waals surface area contributed by atoms with E-state index in [0.717, 1.165) is 82.2 Å². The number of pyridine rings is 1. The number of fused-ring (bicyclic) bond motifs is 6. The van der Waals surface area contributed by atoms with Crippen LogP contribution in [0.1, 0.15) is 69.3 Å². The average molecular weight is 1180 g/mol. The zero-order chi connectivity index (χ0) is 53.8. The Kier molecular flexibility index (Phi) is 15.4. The summed E-state index contributed by atoms with van der Waals surface area (Å²) < 4.78 is 27.3. The molecule has 4 aliphatic heterocycles. The topological polar surface area (TPSA) is 91.8 Å². The van der Waals surface area contributed by atoms with Crippen molar-refractivity contribution >= 4 is 90.7 Å². The molecule has 8 aromatic carbocycles. The zero-order valence-electron chi connectivity index (χ0n) is 42.0. The maximum atomic E-state index is 6.37. The van der Waals surface area contributed by atoms with Crippen LogP contribution in [0.15, 0.2) is 238 Å². The quantitative estimate of drug-likeness (QED) is 0.151. The van der Waals surface area contributed by atoms with Gasteiger partial charge in [-0.1, -0.05) is 190 Å². The monoisotopic (exact) mass is 1180 g/mol. The Balaban J connectivity index is 0.000000118. The Morgan fingerprint density at radius 1 is 0.468 bits per heavy atom. The first-order chi connectivity index (χ1) is 38.7. The number of benzene rings is 8. The van der Waals surface area contributed by atoms with Gasteiger partial charge in [-0.15, -0.1) is 0 Å². The first-order valence-electron chi connectivity index (χ1n) is 25.5. The van der Waals surface area contributed by atoms with Crippen molar-refractivity contribution in [2.45, 2.75) is 31.0 Å². The van der Waals surface area contributed by atoms with E-state index in [4.69, 9.17) is 80.3 Å². The van der Waals surface area contributed by atoms with E-state index in [2.05, 4.69) is 67.9 Å². The molecule has 0 bridgehead atoms. The first-order valence-corrected chi connectivity index (χ1v) is 27.8. The highest BCUT2D eigenvalue weighted by atomic mass is 79.9. The maximum absolute atomic E-state index is 6.37. The molecular formula is C65H46BrCl4N5O4. The van der Waals surface area contributed by atoms with Gasteiger partial charge < -0.3 is 23.5 Å². The number of hydrogen-bond donors (Lipinski definition) is 0. The highest BCUT2D eigenvalue weighted by Crippen LogP contribution is 2.45. The second-order valence-corrected chi connectivity index (χ2v) is 21.5. The van der Waals surface area contributed by atoms with Crippen molar-refractivity contribution in [1.82, 2.24) is 9.55 Å². The van der Waals surface area contributed by atoms with Crippen LogP contribution in [-0.2, 0) is 15.9 Å². The molecular weight excluding hydrogens is 1140 g/mol. The minimum absolute atomic E-state index is 0.00388. The number of aliphatic imine (C=N–C) groups is 3. The van der Waals surface area contributed by atoms with Crippen LogP contribution in [0.2, 0.25) is 20.1 Å². The predicted octanol–water partition coefficient (Wildman–Crippen LogP) is 17.6. The Morgan fingerprint density at radius 3 is 1.58 bits per heavy atom. The van der Waals surface area contributed by atoms with Gasteiger partial charge in [-0.05, 0) is 108 Å². The summed E-state index contributed by atoms with van der Waals surface area (Å²) in [6, 6.07) is 71.5. The van der Waals surface area contributed by atoms with Crippen molar-refractivity contribution in [3.05, 3.63) is 288 Å². The van der Waals surface area contributed by atoms with Gasteiger partial charge in [0.2, 0.25) is 24.3 Å². The lowest BCUT2D eigenvalue weighted by atomic mass is 9.99. The zero-order valence-corrected chi connectivity index (χ0v) is 46.6. The van der Waals surface area contributed by atoms with Crippen molar-refractivity contribution in [3.8, 4) is 22.8 Å². The molecule has 79 heavy (non-hydrogen) atoms. The van der Waals surface area contributed by atoms with Gasteiger partial charge in [0.05, 0.1) is 16.9 Å². The standard InChI is InChI=1S/C23H19N3O2.C21H14BrCl2NO.C21H13Cl2NO/c1-3-8-16(9-4-1)20-14-27-22(25-20)18-12-7-13-19(24-18)23-26-21(15-28-23)17-10-5-2-6-11-17;22-18-9-7-15(23)10-14(18)11-19-17-8-6-16(24)12-20(17)26-21(25-19)13-4-2-1-3-5-13;22-15-7-9-18-14(10-15)11-19-17-8-6-16(23)12-20(17)25-21(24(18)19)13-4-2-1-3-5-13/h1-13,20-21H,14-15H2;1-10,12,21H,11H2;1-12,21H/t20-,21-;;21-/m0.0/s1. The van der Waals surface area contributed by atoms with E-state index < -0.39 is 6.23 Å². The van der Waals surface area contributed by atoms with Crippen molar-refractivity contribution in [2.75, 3.05) is 13.2 Å². The predicted molar refractivity (Wildman–Crippen MR) is 321 cm³/mol. The van der Waals surface area contributed by atoms with Gasteiger partial charge in [-0.3, -0.25) is 0 Å². The van der Waals surface area contributed by atoms with Crippen LogP contribution in [0, 0.1) is 0 Å². The summed E-state index contributed by atoms with van der Waals surface area (Å²) >= 11 is 28.4. The lowest BCUT2D eigenvalue weighted by Crippen LogP contribution is -2.22. The summed E-state index contributed by atoms with van der Waals surface area (Å²) in [4.78, 5) is 19.0. The second-order valence-electron chi connectivity index (χ2n) is 18.9. The molecule has 0 spiro atoms. The third kappa shape index (κ3) is 11.6. The van der Waals surface area contributed by atoms with Gasteiger partial charge in [-0.2, -0.15) is 0 Å². The molecule has 0 saturated carbocycles. The maximum Gasteiger partial charge on any atom is 0.236 e. The van der Waals surface area contributed by atoms with Gasteiger partial charge in [-0.25, -0.2) is 20.0 Å². The highest BCUT2D eigenvalue weighted by Gasteiger charge is 2.30. The summed E-state index contributed by atoms with van der Waals surface area (Å²) in [5.74, 6) is 2.67. The van der Waals surface area contributed by atoms with Gasteiger partial charge in [0, 0.05) is 58.6 Å². The van der Waals surface area contributed by atoms with E-state index in [-0.39, 0.29) is 18.3 Å². The molecule has 4 atom stereocenters. The van der Waals surface area contributed by atoms with E-state index >= 15 is 0 Å². The van der Waals surface area contributed by atoms with Crippen LogP contribution >= 0.6 is 62.3 Å². The molecule has 1 unspecified atom stereocenters. The average Bonchev–Trinajstić information content (AvgIpc) is 4.49. The van der Waals surface area contributed by atoms with Crippen LogP contribution in [0.3, 0.4) is 0 Å². The van der Waals surface area contributed by atoms with Gasteiger partial charge >= 0.3 is 0 Å². The Morgan fingerprint density at radius 2 is 0.975 bits per heavy atom. The van der Waals surface area contributed by atoms with Crippen molar-refractivity contribution in [2.24, 2.45) is 15.0 Å². The number of nitrogens with zero attached hydrogens (tertiary/aromatic N) is 5. The lowest BCUT2D eigenvalue weighted by molar-refractivity contribution is 0.173. The molecule has 14 rings (SSSR count). The summed E-state index contributed by atoms with van der Waals surface area (Å²) in [5, 5.41) is 3.82. The highest BCUT2D eigenvalue weighted by molar-refractivity contribution is 9.10. The molecule has 4 aliphatic rings. The number of ether oxygens (including phenoxy) is 4. The minimum Gasteiger partial charge on any atom is -0.474 e. The molecule has 0 amide bonds. The second kappa shape index (κ2) is 23.3. The van der Waals surface area contributed by atoms with E-state index in [1.807, 2.05) is 176 Å². The normalized spacial score (nSPS) is 17.5. The van der Waals surface area contributed by atoms with Crippen molar-refractivity contribution in [3.63, 3.8) is 0 Å². The number of halogens is 5. The number of hydrogen-bond acceptors (Lipinski definition) is 8. The van der Waals surface area contributed by atoms with Crippen LogP contribution in [0.25, 0.3) is 22.2 Å². The van der Waals surface area contributed by atoms with E-state index in [0.29, 0.717) is 57.9 Å². The van der Waals surface area contributed by atoms with Crippen molar-refractivity contribution < 1.29 is 18.9 Å². The Hall–Kier alpha value is -7.70. The third-order valence-electron chi connectivity index (χ3n) is 13.7. The molecule has 0 radical (unpaired) electrons. The molecule has 2 aromatic heterocycles. The molecule has 0 aliphatic carbocycles. The number of aromatic nitrogens is 2. The fraction of sp³-hybridized carbons (Fsp3) is 0.108. The fourth-order valence-electron chi connectivity index (χ4n) is 9.82. The molecule has 0 saturated heterocycles. The van der Waals surface area contributed by atoms with E-state index in [9.17, 15) is 0 Å². The van der Waals surface area contributed by atoms with Gasteiger partial charge in [0.25, 0.3) is 0 Å². The summed E-state index contributed by atoms with van der Waals surface area (Å²) in [6.45, 7) is 1.05. The van der Waals surface area contributed by atoms with Crippen LogP contribution in [0.5, 0.6) is 11.5 Å². The van der Waals surface area contributed by atoms with E-state index in [1.54, 1.807) is 0 Å². The van der Waals surface area contributed by atoms with Gasteiger partial charge in [0.1, 0.15) is 48.2 Å². The Bertz CT molecular complexity index is 3860. The first kappa shape index (κ1) is 52.0. The molecule has 14 heteroatoms. The minimum atomic E-state index is -0.393. The summed E-state index contributed by atoms with van der Waals surface area (Å²) in [5.41, 5.74) is 12.0. The molecule has 0 N–H and O–H groups in total. The molecule has 10 aromatic rings. The SMILES string of the molecule is Clc1ccc(Br)c(CC2=NC(c3ccccc3)Oc3cc(Cl)ccc32)c1.Clc1ccc2c(c1)O[C@@H](c1ccccc1)n1c-2cc2cc(Cl)ccc21.c1ccc([C@@H]2COC(c3cccc(C4=N[C@H](c5ccccc5)CO4)n3)=N2)cc1. The molecule has 390 valence electrons. The smallest absolute Gasteiger partial charge is 0.236 e. The third-order valence-corrected chi connectivity index (χ3v) is 15.4. The summed E-state index contributed by atoms with van der Waals surface area (Å²) in [7, 11) is 0.